The van der Waals surface area contributed by atoms with Gasteiger partial charge in [-0.1, -0.05) is 32.6 Å². The number of amides is 3. The highest BCUT2D eigenvalue weighted by atomic mass is 19.4. The Balaban J connectivity index is 1.55. The van der Waals surface area contributed by atoms with Crippen molar-refractivity contribution in [2.75, 3.05) is 19.7 Å². The molecule has 0 saturated carbocycles. The number of imide groups is 1. The fourth-order valence-corrected chi connectivity index (χ4v) is 3.89. The number of carbonyl (C=O) groups excluding carboxylic acids is 2. The monoisotopic (exact) mass is 468 g/mol. The number of rotatable bonds is 11. The second-order valence-corrected chi connectivity index (χ2v) is 7.97. The quantitative estimate of drug-likeness (QED) is 0.295. The van der Waals surface area contributed by atoms with Crippen molar-refractivity contribution in [3.63, 3.8) is 0 Å². The van der Waals surface area contributed by atoms with Crippen LogP contribution in [0.15, 0.2) is 27.4 Å². The van der Waals surface area contributed by atoms with Crippen LogP contribution in [0.4, 0.5) is 18.0 Å². The number of ether oxygens (including phenoxy) is 1. The maximum absolute atomic E-state index is 13.4. The van der Waals surface area contributed by atoms with Gasteiger partial charge in [-0.05, 0) is 31.4 Å². The molecule has 0 atom stereocenters. The molecule has 1 saturated heterocycles. The Kier molecular flexibility index (Phi) is 7.99. The van der Waals surface area contributed by atoms with E-state index in [9.17, 15) is 27.6 Å². The third kappa shape index (κ3) is 6.06. The van der Waals surface area contributed by atoms with Crippen LogP contribution in [0.25, 0.3) is 11.0 Å². The third-order valence-corrected chi connectivity index (χ3v) is 5.50. The molecule has 1 aliphatic rings. The van der Waals surface area contributed by atoms with E-state index < -0.39 is 17.4 Å². The van der Waals surface area contributed by atoms with Crippen LogP contribution in [0.2, 0.25) is 0 Å². The van der Waals surface area contributed by atoms with Crippen LogP contribution in [0.1, 0.15) is 56.6 Å². The number of hydrogen-bond donors (Lipinski definition) is 1. The van der Waals surface area contributed by atoms with Crippen LogP contribution in [0, 0.1) is 0 Å². The van der Waals surface area contributed by atoms with Crippen molar-refractivity contribution in [2.45, 2.75) is 58.0 Å². The summed E-state index contributed by atoms with van der Waals surface area (Å²) in [5.74, 6) is 0.218. The van der Waals surface area contributed by atoms with Gasteiger partial charge in [0.15, 0.2) is 0 Å². The first-order valence-electron chi connectivity index (χ1n) is 11.1. The zero-order valence-electron chi connectivity index (χ0n) is 18.4. The molecule has 10 heteroatoms. The number of carbonyl (C=O) groups is 2. The summed E-state index contributed by atoms with van der Waals surface area (Å²) < 4.78 is 51.1. The first-order chi connectivity index (χ1) is 15.7. The lowest BCUT2D eigenvalue weighted by Crippen LogP contribution is -2.31. The summed E-state index contributed by atoms with van der Waals surface area (Å²) in [5, 5.41) is 2.33. The van der Waals surface area contributed by atoms with E-state index in [0.717, 1.165) is 32.1 Å². The average molecular weight is 468 g/mol. The van der Waals surface area contributed by atoms with Crippen molar-refractivity contribution in [1.29, 1.82) is 0 Å². The highest BCUT2D eigenvalue weighted by Crippen LogP contribution is 2.37. The number of nitrogens with zero attached hydrogens (tertiary/aromatic N) is 1. The molecule has 1 aliphatic heterocycles. The van der Waals surface area contributed by atoms with Crippen LogP contribution in [-0.2, 0) is 17.4 Å². The minimum Gasteiger partial charge on any atom is -0.493 e. The van der Waals surface area contributed by atoms with Crippen molar-refractivity contribution in [1.82, 2.24) is 10.2 Å². The normalized spacial score (nSPS) is 14.2. The fourth-order valence-electron chi connectivity index (χ4n) is 3.89. The van der Waals surface area contributed by atoms with Gasteiger partial charge in [-0.2, -0.15) is 13.2 Å². The van der Waals surface area contributed by atoms with Gasteiger partial charge in [0.25, 0.3) is 0 Å². The maximum Gasteiger partial charge on any atom is 0.417 e. The molecule has 0 bridgehead atoms. The Morgan fingerprint density at radius 1 is 1.09 bits per heavy atom. The van der Waals surface area contributed by atoms with E-state index in [1.165, 1.54) is 17.0 Å². The Morgan fingerprint density at radius 3 is 2.48 bits per heavy atom. The number of unbranched alkanes of at least 4 members (excludes halogenated alkanes) is 4. The lowest BCUT2D eigenvalue weighted by Gasteiger charge is -2.15. The Labute approximate surface area is 188 Å². The number of hydrogen-bond acceptors (Lipinski definition) is 5. The van der Waals surface area contributed by atoms with Gasteiger partial charge in [0.1, 0.15) is 11.3 Å². The van der Waals surface area contributed by atoms with Gasteiger partial charge in [0.2, 0.25) is 5.91 Å². The second kappa shape index (κ2) is 10.7. The molecule has 3 amide bonds. The van der Waals surface area contributed by atoms with E-state index >= 15 is 0 Å². The zero-order valence-corrected chi connectivity index (χ0v) is 18.4. The number of benzene rings is 1. The molecule has 0 aliphatic carbocycles. The first-order valence-corrected chi connectivity index (χ1v) is 11.1. The Bertz CT molecular complexity index is 1050. The predicted octanol–water partition coefficient (Wildman–Crippen LogP) is 4.65. The average Bonchev–Trinajstić information content (AvgIpc) is 3.07. The topological polar surface area (TPSA) is 88.9 Å². The van der Waals surface area contributed by atoms with Crippen molar-refractivity contribution in [3.05, 3.63) is 39.7 Å². The Hall–Kier alpha value is -3.04. The van der Waals surface area contributed by atoms with E-state index in [2.05, 4.69) is 5.32 Å². The van der Waals surface area contributed by atoms with Gasteiger partial charge < -0.3 is 14.5 Å². The summed E-state index contributed by atoms with van der Waals surface area (Å²) in [6.45, 7) is 2.72. The summed E-state index contributed by atoms with van der Waals surface area (Å²) in [6.07, 6.45) is 0.490. The van der Waals surface area contributed by atoms with Crippen molar-refractivity contribution < 1.29 is 31.9 Å². The largest absolute Gasteiger partial charge is 0.493 e. The fraction of sp³-hybridized carbons (Fsp3) is 0.522. The molecule has 3 rings (SSSR count). The molecule has 1 N–H and O–H groups in total. The SMILES string of the molecule is CCCc1c(OCCCCCCCN2C(=O)CNC2=O)ccc2c(C(F)(F)F)cc(=O)oc12. The van der Waals surface area contributed by atoms with Crippen LogP contribution in [-0.4, -0.2) is 36.5 Å². The number of halogens is 3. The van der Waals surface area contributed by atoms with Crippen LogP contribution >= 0.6 is 0 Å². The standard InChI is InChI=1S/C23H27F3N2O5/c1-2-8-16-18(10-9-15-17(23(24,25)26)13-20(30)33-21(15)16)32-12-7-5-3-4-6-11-28-19(29)14-27-22(28)31/h9-10,13H,2-8,11-12,14H2,1H3,(H,27,31). The maximum atomic E-state index is 13.4. The van der Waals surface area contributed by atoms with E-state index in [-0.39, 0.29) is 29.5 Å². The highest BCUT2D eigenvalue weighted by molar-refractivity contribution is 6.01. The summed E-state index contributed by atoms with van der Waals surface area (Å²) in [6, 6.07) is 2.92. The predicted molar refractivity (Wildman–Crippen MR) is 115 cm³/mol. The molecule has 33 heavy (non-hydrogen) atoms. The molecule has 2 heterocycles. The summed E-state index contributed by atoms with van der Waals surface area (Å²) in [5.41, 5.74) is -1.66. The molecule has 7 nitrogen and oxygen atoms in total. The van der Waals surface area contributed by atoms with E-state index in [1.54, 1.807) is 0 Å². The molecule has 2 aromatic rings. The van der Waals surface area contributed by atoms with Gasteiger partial charge in [-0.15, -0.1) is 0 Å². The van der Waals surface area contributed by atoms with Gasteiger partial charge in [-0.3, -0.25) is 9.69 Å². The summed E-state index contributed by atoms with van der Waals surface area (Å²) >= 11 is 0. The van der Waals surface area contributed by atoms with E-state index in [1.807, 2.05) is 6.92 Å². The van der Waals surface area contributed by atoms with E-state index in [4.69, 9.17) is 9.15 Å². The zero-order chi connectivity index (χ0) is 24.0. The minimum atomic E-state index is -4.66. The minimum absolute atomic E-state index is 0.0614. The lowest BCUT2D eigenvalue weighted by molar-refractivity contribution is -0.136. The molecule has 0 unspecified atom stereocenters. The van der Waals surface area contributed by atoms with Crippen molar-refractivity contribution in [3.8, 4) is 5.75 Å². The van der Waals surface area contributed by atoms with Crippen molar-refractivity contribution >= 4 is 22.9 Å². The number of nitrogens with one attached hydrogen (secondary N) is 1. The first kappa shape index (κ1) is 24.6. The molecule has 180 valence electrons. The molecular formula is C23H27F3N2O5. The lowest BCUT2D eigenvalue weighted by atomic mass is 10.0. The summed E-state index contributed by atoms with van der Waals surface area (Å²) in [7, 11) is 0. The van der Waals surface area contributed by atoms with Gasteiger partial charge >= 0.3 is 17.8 Å². The second-order valence-electron chi connectivity index (χ2n) is 7.97. The molecule has 1 aromatic heterocycles. The molecular weight excluding hydrogens is 441 g/mol. The number of alkyl halides is 3. The number of urea groups is 1. The Morgan fingerprint density at radius 2 is 1.82 bits per heavy atom. The number of fused-ring (bicyclic) bond motifs is 1. The van der Waals surface area contributed by atoms with Crippen LogP contribution in [0.3, 0.4) is 0 Å². The van der Waals surface area contributed by atoms with Gasteiger partial charge in [0.05, 0.1) is 18.7 Å². The highest BCUT2D eigenvalue weighted by Gasteiger charge is 2.34. The summed E-state index contributed by atoms with van der Waals surface area (Å²) in [4.78, 5) is 36.0. The van der Waals surface area contributed by atoms with Crippen LogP contribution < -0.4 is 15.7 Å². The molecule has 1 aromatic carbocycles. The number of aryl methyl sites for hydroxylation is 1. The van der Waals surface area contributed by atoms with Gasteiger partial charge in [0, 0.05) is 23.6 Å². The smallest absolute Gasteiger partial charge is 0.417 e. The third-order valence-electron chi connectivity index (χ3n) is 5.50. The van der Waals surface area contributed by atoms with E-state index in [0.29, 0.717) is 43.4 Å². The molecule has 0 spiro atoms. The molecule has 0 radical (unpaired) electrons. The molecule has 1 fully saturated rings. The van der Waals surface area contributed by atoms with Crippen LogP contribution in [0.5, 0.6) is 5.75 Å². The van der Waals surface area contributed by atoms with Gasteiger partial charge in [-0.25, -0.2) is 9.59 Å². The van der Waals surface area contributed by atoms with Crippen molar-refractivity contribution in [2.24, 2.45) is 0 Å².